The molecular formula is C23H17F2N3OS. The molecule has 4 aromatic rings. The van der Waals surface area contributed by atoms with Crippen LogP contribution in [0.2, 0.25) is 0 Å². The lowest BCUT2D eigenvalue weighted by Gasteiger charge is -2.03. The number of rotatable bonds is 6. The summed E-state index contributed by atoms with van der Waals surface area (Å²) in [5, 5.41) is 3.36. The van der Waals surface area contributed by atoms with Gasteiger partial charge in [0, 0.05) is 16.8 Å². The molecule has 1 aromatic heterocycles. The van der Waals surface area contributed by atoms with Crippen LogP contribution in [0.5, 0.6) is 0 Å². The number of H-pyrrole nitrogens is 1. The number of carbonyl (C=O) groups is 1. The van der Waals surface area contributed by atoms with Crippen molar-refractivity contribution in [3.8, 4) is 22.5 Å². The second-order valence-corrected chi connectivity index (χ2v) is 7.45. The summed E-state index contributed by atoms with van der Waals surface area (Å²) in [6.45, 7) is 0. The maximum absolute atomic E-state index is 13.3. The third-order valence-electron chi connectivity index (χ3n) is 4.33. The summed E-state index contributed by atoms with van der Waals surface area (Å²) < 4.78 is 26.7. The van der Waals surface area contributed by atoms with Gasteiger partial charge in [0.15, 0.2) is 5.16 Å². The number of imidazole rings is 1. The predicted octanol–water partition coefficient (Wildman–Crippen LogP) is 5.75. The SMILES string of the molecule is O=C(CSc1nc(-c2ccc(F)cc2)c(-c2ccc(F)cc2)[nH]1)Nc1ccccc1. The number of aromatic amines is 1. The number of halogens is 2. The molecule has 0 aliphatic carbocycles. The van der Waals surface area contributed by atoms with Gasteiger partial charge in [0.05, 0.1) is 17.1 Å². The zero-order chi connectivity index (χ0) is 20.9. The van der Waals surface area contributed by atoms with E-state index in [4.69, 9.17) is 0 Å². The molecule has 0 unspecified atom stereocenters. The van der Waals surface area contributed by atoms with Gasteiger partial charge < -0.3 is 10.3 Å². The molecule has 0 aliphatic heterocycles. The first kappa shape index (κ1) is 19.8. The number of carbonyl (C=O) groups excluding carboxylic acids is 1. The molecule has 0 bridgehead atoms. The van der Waals surface area contributed by atoms with Crippen molar-refractivity contribution in [1.82, 2.24) is 9.97 Å². The summed E-state index contributed by atoms with van der Waals surface area (Å²) in [5.41, 5.74) is 3.46. The van der Waals surface area contributed by atoms with Gasteiger partial charge in [-0.3, -0.25) is 4.79 Å². The highest BCUT2D eigenvalue weighted by molar-refractivity contribution is 7.99. The molecule has 1 heterocycles. The van der Waals surface area contributed by atoms with Crippen molar-refractivity contribution in [3.05, 3.63) is 90.5 Å². The van der Waals surface area contributed by atoms with Crippen LogP contribution in [0.25, 0.3) is 22.5 Å². The molecule has 0 radical (unpaired) electrons. The topological polar surface area (TPSA) is 57.8 Å². The van der Waals surface area contributed by atoms with Crippen LogP contribution in [0.3, 0.4) is 0 Å². The average Bonchev–Trinajstić information content (AvgIpc) is 3.18. The molecule has 4 nitrogen and oxygen atoms in total. The lowest BCUT2D eigenvalue weighted by atomic mass is 10.1. The summed E-state index contributed by atoms with van der Waals surface area (Å²) in [6.07, 6.45) is 0. The van der Waals surface area contributed by atoms with E-state index in [1.807, 2.05) is 30.3 Å². The monoisotopic (exact) mass is 421 g/mol. The standard InChI is InChI=1S/C23H17F2N3OS/c24-17-10-6-15(7-11-17)21-22(16-8-12-18(25)13-9-16)28-23(27-21)30-14-20(29)26-19-4-2-1-3-5-19/h1-13H,14H2,(H,26,29)(H,27,28). The number of para-hydroxylation sites is 1. The zero-order valence-electron chi connectivity index (χ0n) is 15.7. The Morgan fingerprint density at radius 2 is 1.47 bits per heavy atom. The average molecular weight is 421 g/mol. The van der Waals surface area contributed by atoms with E-state index in [1.165, 1.54) is 36.0 Å². The number of nitrogens with one attached hydrogen (secondary N) is 2. The van der Waals surface area contributed by atoms with Crippen molar-refractivity contribution in [2.75, 3.05) is 11.1 Å². The molecule has 0 atom stereocenters. The zero-order valence-corrected chi connectivity index (χ0v) is 16.5. The van der Waals surface area contributed by atoms with Crippen molar-refractivity contribution < 1.29 is 13.6 Å². The van der Waals surface area contributed by atoms with E-state index in [0.717, 1.165) is 11.3 Å². The molecule has 0 saturated heterocycles. The quantitative estimate of drug-likeness (QED) is 0.390. The van der Waals surface area contributed by atoms with Gasteiger partial charge in [-0.1, -0.05) is 30.0 Å². The van der Waals surface area contributed by atoms with Gasteiger partial charge in [0.1, 0.15) is 11.6 Å². The number of benzene rings is 3. The van der Waals surface area contributed by atoms with E-state index in [0.29, 0.717) is 22.1 Å². The van der Waals surface area contributed by atoms with Crippen LogP contribution in [-0.4, -0.2) is 21.6 Å². The van der Waals surface area contributed by atoms with Crippen LogP contribution in [0, 0.1) is 11.6 Å². The van der Waals surface area contributed by atoms with Crippen molar-refractivity contribution in [2.24, 2.45) is 0 Å². The summed E-state index contributed by atoms with van der Waals surface area (Å²) in [6, 6.07) is 21.2. The highest BCUT2D eigenvalue weighted by Gasteiger charge is 2.16. The molecule has 1 amide bonds. The molecular weight excluding hydrogens is 404 g/mol. The molecule has 150 valence electrons. The Morgan fingerprint density at radius 1 is 0.867 bits per heavy atom. The molecule has 7 heteroatoms. The Labute approximate surface area is 176 Å². The molecule has 0 spiro atoms. The number of anilines is 1. The fourth-order valence-corrected chi connectivity index (χ4v) is 3.58. The Balaban J connectivity index is 1.57. The fourth-order valence-electron chi connectivity index (χ4n) is 2.91. The first-order valence-electron chi connectivity index (χ1n) is 9.18. The Kier molecular flexibility index (Phi) is 5.90. The summed E-state index contributed by atoms with van der Waals surface area (Å²) in [7, 11) is 0. The number of nitrogens with zero attached hydrogens (tertiary/aromatic N) is 1. The molecule has 2 N–H and O–H groups in total. The van der Waals surface area contributed by atoms with Crippen LogP contribution >= 0.6 is 11.8 Å². The minimum Gasteiger partial charge on any atom is -0.332 e. The first-order chi connectivity index (χ1) is 14.6. The van der Waals surface area contributed by atoms with E-state index < -0.39 is 0 Å². The Hall–Kier alpha value is -3.45. The van der Waals surface area contributed by atoms with E-state index >= 15 is 0 Å². The summed E-state index contributed by atoms with van der Waals surface area (Å²) in [5.74, 6) is -0.679. The van der Waals surface area contributed by atoms with Gasteiger partial charge in [-0.05, 0) is 60.7 Å². The van der Waals surface area contributed by atoms with Crippen LogP contribution in [0.1, 0.15) is 0 Å². The molecule has 3 aromatic carbocycles. The smallest absolute Gasteiger partial charge is 0.234 e. The number of hydrogen-bond donors (Lipinski definition) is 2. The molecule has 0 aliphatic rings. The maximum Gasteiger partial charge on any atom is 0.234 e. The van der Waals surface area contributed by atoms with Crippen molar-refractivity contribution in [2.45, 2.75) is 5.16 Å². The van der Waals surface area contributed by atoms with Gasteiger partial charge in [0.25, 0.3) is 0 Å². The molecule has 4 rings (SSSR count). The second-order valence-electron chi connectivity index (χ2n) is 6.48. The van der Waals surface area contributed by atoms with E-state index in [-0.39, 0.29) is 23.3 Å². The van der Waals surface area contributed by atoms with Crippen LogP contribution in [-0.2, 0) is 4.79 Å². The molecule has 0 fully saturated rings. The van der Waals surface area contributed by atoms with Crippen molar-refractivity contribution in [1.29, 1.82) is 0 Å². The van der Waals surface area contributed by atoms with Gasteiger partial charge in [0.2, 0.25) is 5.91 Å². The minimum atomic E-state index is -0.343. The third kappa shape index (κ3) is 4.75. The second kappa shape index (κ2) is 8.92. The minimum absolute atomic E-state index is 0.158. The van der Waals surface area contributed by atoms with E-state index in [2.05, 4.69) is 15.3 Å². The van der Waals surface area contributed by atoms with Crippen molar-refractivity contribution in [3.63, 3.8) is 0 Å². The van der Waals surface area contributed by atoms with Gasteiger partial charge in [-0.2, -0.15) is 0 Å². The summed E-state index contributed by atoms with van der Waals surface area (Å²) >= 11 is 1.25. The Morgan fingerprint density at radius 3 is 2.10 bits per heavy atom. The molecule has 30 heavy (non-hydrogen) atoms. The number of hydrogen-bond acceptors (Lipinski definition) is 3. The largest absolute Gasteiger partial charge is 0.332 e. The van der Waals surface area contributed by atoms with Gasteiger partial charge >= 0.3 is 0 Å². The van der Waals surface area contributed by atoms with Crippen LogP contribution < -0.4 is 5.32 Å². The molecule has 0 saturated carbocycles. The van der Waals surface area contributed by atoms with Crippen LogP contribution in [0.4, 0.5) is 14.5 Å². The lowest BCUT2D eigenvalue weighted by molar-refractivity contribution is -0.113. The Bertz CT molecular complexity index is 1080. The van der Waals surface area contributed by atoms with Gasteiger partial charge in [-0.25, -0.2) is 13.8 Å². The maximum atomic E-state index is 13.3. The highest BCUT2D eigenvalue weighted by atomic mass is 32.2. The number of thioether (sulfide) groups is 1. The van der Waals surface area contributed by atoms with Crippen molar-refractivity contribution >= 4 is 23.4 Å². The van der Waals surface area contributed by atoms with Crippen LogP contribution in [0.15, 0.2) is 84.0 Å². The fraction of sp³-hybridized carbons (Fsp3) is 0.0435. The van der Waals surface area contributed by atoms with E-state index in [9.17, 15) is 13.6 Å². The van der Waals surface area contributed by atoms with E-state index in [1.54, 1.807) is 24.3 Å². The number of aromatic nitrogens is 2. The normalized spacial score (nSPS) is 10.7. The first-order valence-corrected chi connectivity index (χ1v) is 10.2. The predicted molar refractivity (Wildman–Crippen MR) is 115 cm³/mol. The summed E-state index contributed by atoms with van der Waals surface area (Å²) in [4.78, 5) is 20.0. The highest BCUT2D eigenvalue weighted by Crippen LogP contribution is 2.33. The third-order valence-corrected chi connectivity index (χ3v) is 5.20. The number of amides is 1. The van der Waals surface area contributed by atoms with Gasteiger partial charge in [-0.15, -0.1) is 0 Å². The lowest BCUT2D eigenvalue weighted by Crippen LogP contribution is -2.13.